The third-order valence-electron chi connectivity index (χ3n) is 4.15. The van der Waals surface area contributed by atoms with E-state index < -0.39 is 0 Å². The number of benzene rings is 2. The molecule has 2 aromatic rings. The zero-order valence-corrected chi connectivity index (χ0v) is 15.0. The summed E-state index contributed by atoms with van der Waals surface area (Å²) in [5.41, 5.74) is 4.79. The fourth-order valence-corrected chi connectivity index (χ4v) is 2.69. The van der Waals surface area contributed by atoms with Crippen LogP contribution in [0.25, 0.3) is 0 Å². The van der Waals surface area contributed by atoms with Crippen LogP contribution in [0.4, 0.5) is 0 Å². The molecule has 0 bridgehead atoms. The third kappa shape index (κ3) is 4.28. The molecule has 2 rings (SSSR count). The van der Waals surface area contributed by atoms with Crippen LogP contribution in [0.1, 0.15) is 35.2 Å². The molecule has 0 saturated heterocycles. The lowest BCUT2D eigenvalue weighted by Gasteiger charge is -2.19. The maximum atomic E-state index is 12.2. The molecule has 24 heavy (non-hydrogen) atoms. The fraction of sp³-hybridized carbons (Fsp3) is 0.350. The number of nitrogens with one attached hydrogen (secondary N) is 1. The van der Waals surface area contributed by atoms with Gasteiger partial charge < -0.3 is 14.8 Å². The van der Waals surface area contributed by atoms with Crippen LogP contribution in [-0.4, -0.2) is 19.6 Å². The lowest BCUT2D eigenvalue weighted by molar-refractivity contribution is -0.123. The molecule has 0 aliphatic rings. The summed E-state index contributed by atoms with van der Waals surface area (Å²) in [7, 11) is 1.58. The first kappa shape index (κ1) is 17.9. The van der Waals surface area contributed by atoms with Crippen molar-refractivity contribution < 1.29 is 14.3 Å². The maximum absolute atomic E-state index is 12.2. The average molecular weight is 327 g/mol. The van der Waals surface area contributed by atoms with Crippen molar-refractivity contribution >= 4 is 5.91 Å². The zero-order chi connectivity index (χ0) is 17.7. The Morgan fingerprint density at radius 1 is 1.04 bits per heavy atom. The standard InChI is InChI=1S/C20H25NO3/c1-13-10-15(3)17(11-14(13)2)16(4)21-20(22)12-24-19-9-7-6-8-18(19)23-5/h6-11,16H,12H2,1-5H3,(H,21,22). The van der Waals surface area contributed by atoms with Crippen molar-refractivity contribution in [1.29, 1.82) is 0 Å². The van der Waals surface area contributed by atoms with Crippen molar-refractivity contribution in [3.8, 4) is 11.5 Å². The largest absolute Gasteiger partial charge is 0.493 e. The van der Waals surface area contributed by atoms with Gasteiger partial charge in [-0.1, -0.05) is 24.3 Å². The van der Waals surface area contributed by atoms with E-state index in [2.05, 4.69) is 38.2 Å². The van der Waals surface area contributed by atoms with Crippen molar-refractivity contribution in [3.05, 3.63) is 58.7 Å². The topological polar surface area (TPSA) is 47.6 Å². The molecule has 0 fully saturated rings. The minimum atomic E-state index is -0.161. The number of hydrogen-bond acceptors (Lipinski definition) is 3. The molecule has 0 aromatic heterocycles. The first-order valence-corrected chi connectivity index (χ1v) is 8.05. The van der Waals surface area contributed by atoms with Gasteiger partial charge in [0.15, 0.2) is 18.1 Å². The summed E-state index contributed by atoms with van der Waals surface area (Å²) in [5.74, 6) is 1.01. The van der Waals surface area contributed by atoms with Crippen LogP contribution in [0.3, 0.4) is 0 Å². The minimum Gasteiger partial charge on any atom is -0.493 e. The second-order valence-corrected chi connectivity index (χ2v) is 6.02. The van der Waals surface area contributed by atoms with Gasteiger partial charge in [0.25, 0.3) is 5.91 Å². The van der Waals surface area contributed by atoms with Crippen molar-refractivity contribution in [2.24, 2.45) is 0 Å². The maximum Gasteiger partial charge on any atom is 0.258 e. The molecule has 0 spiro atoms. The third-order valence-corrected chi connectivity index (χ3v) is 4.15. The molecule has 4 heteroatoms. The normalized spacial score (nSPS) is 11.7. The predicted octanol–water partition coefficient (Wildman–Crippen LogP) is 3.88. The Balaban J connectivity index is 1.98. The molecule has 1 unspecified atom stereocenters. The number of para-hydroxylation sites is 2. The zero-order valence-electron chi connectivity index (χ0n) is 15.0. The monoisotopic (exact) mass is 327 g/mol. The Labute approximate surface area is 143 Å². The van der Waals surface area contributed by atoms with Gasteiger partial charge in [0.2, 0.25) is 0 Å². The Kier molecular flexibility index (Phi) is 5.85. The van der Waals surface area contributed by atoms with E-state index in [1.807, 2.05) is 19.1 Å². The van der Waals surface area contributed by atoms with Crippen molar-refractivity contribution in [1.82, 2.24) is 5.32 Å². The van der Waals surface area contributed by atoms with Gasteiger partial charge in [0, 0.05) is 0 Å². The highest BCUT2D eigenvalue weighted by Gasteiger charge is 2.14. The number of rotatable bonds is 6. The van der Waals surface area contributed by atoms with E-state index in [1.54, 1.807) is 19.2 Å². The minimum absolute atomic E-state index is 0.0470. The van der Waals surface area contributed by atoms with Gasteiger partial charge in [-0.3, -0.25) is 4.79 Å². The lowest BCUT2D eigenvalue weighted by Crippen LogP contribution is -2.31. The van der Waals surface area contributed by atoms with E-state index in [9.17, 15) is 4.79 Å². The van der Waals surface area contributed by atoms with Crippen molar-refractivity contribution in [3.63, 3.8) is 0 Å². The smallest absolute Gasteiger partial charge is 0.258 e. The number of methoxy groups -OCH3 is 1. The van der Waals surface area contributed by atoms with Gasteiger partial charge in [-0.15, -0.1) is 0 Å². The number of aryl methyl sites for hydroxylation is 3. The van der Waals surface area contributed by atoms with E-state index >= 15 is 0 Å². The molecular formula is C20H25NO3. The molecule has 0 heterocycles. The molecule has 0 aliphatic heterocycles. The molecule has 2 aromatic carbocycles. The molecule has 1 N–H and O–H groups in total. The Bertz CT molecular complexity index is 725. The second-order valence-electron chi connectivity index (χ2n) is 6.02. The number of hydrogen-bond donors (Lipinski definition) is 1. The van der Waals surface area contributed by atoms with Crippen LogP contribution in [-0.2, 0) is 4.79 Å². The van der Waals surface area contributed by atoms with Gasteiger partial charge in [-0.25, -0.2) is 0 Å². The fourth-order valence-electron chi connectivity index (χ4n) is 2.69. The second kappa shape index (κ2) is 7.86. The Morgan fingerprint density at radius 2 is 1.67 bits per heavy atom. The lowest BCUT2D eigenvalue weighted by atomic mass is 9.96. The molecular weight excluding hydrogens is 302 g/mol. The van der Waals surface area contributed by atoms with E-state index in [4.69, 9.17) is 9.47 Å². The van der Waals surface area contributed by atoms with Crippen molar-refractivity contribution in [2.75, 3.05) is 13.7 Å². The van der Waals surface area contributed by atoms with Gasteiger partial charge in [0.1, 0.15) is 0 Å². The highest BCUT2D eigenvalue weighted by molar-refractivity contribution is 5.78. The molecule has 4 nitrogen and oxygen atoms in total. The van der Waals surface area contributed by atoms with Crippen LogP contribution in [0.5, 0.6) is 11.5 Å². The summed E-state index contributed by atoms with van der Waals surface area (Å²) < 4.78 is 10.8. The summed E-state index contributed by atoms with van der Waals surface area (Å²) in [6.45, 7) is 8.18. The molecule has 0 saturated carbocycles. The van der Waals surface area contributed by atoms with Crippen LogP contribution in [0.15, 0.2) is 36.4 Å². The number of ether oxygens (including phenoxy) is 2. The van der Waals surface area contributed by atoms with E-state index in [1.165, 1.54) is 16.7 Å². The van der Waals surface area contributed by atoms with Crippen LogP contribution in [0.2, 0.25) is 0 Å². The van der Waals surface area contributed by atoms with Gasteiger partial charge in [-0.05, 0) is 62.1 Å². The molecule has 128 valence electrons. The first-order chi connectivity index (χ1) is 11.4. The number of carbonyl (C=O) groups is 1. The van der Waals surface area contributed by atoms with Crippen LogP contribution in [0, 0.1) is 20.8 Å². The predicted molar refractivity (Wildman–Crippen MR) is 95.7 cm³/mol. The van der Waals surface area contributed by atoms with E-state index in [0.717, 1.165) is 5.56 Å². The molecule has 0 aliphatic carbocycles. The Hall–Kier alpha value is -2.49. The summed E-state index contributed by atoms with van der Waals surface area (Å²) in [6.07, 6.45) is 0. The van der Waals surface area contributed by atoms with E-state index in [-0.39, 0.29) is 18.6 Å². The van der Waals surface area contributed by atoms with Gasteiger partial charge in [0.05, 0.1) is 13.2 Å². The van der Waals surface area contributed by atoms with E-state index in [0.29, 0.717) is 11.5 Å². The molecule has 1 atom stereocenters. The van der Waals surface area contributed by atoms with Crippen LogP contribution >= 0.6 is 0 Å². The quantitative estimate of drug-likeness (QED) is 0.876. The summed E-state index contributed by atoms with van der Waals surface area (Å²) in [6, 6.07) is 11.5. The van der Waals surface area contributed by atoms with Crippen LogP contribution < -0.4 is 14.8 Å². The summed E-state index contributed by atoms with van der Waals surface area (Å²) in [4.78, 5) is 12.2. The summed E-state index contributed by atoms with van der Waals surface area (Å²) >= 11 is 0. The number of carbonyl (C=O) groups excluding carboxylic acids is 1. The SMILES string of the molecule is COc1ccccc1OCC(=O)NC(C)c1cc(C)c(C)cc1C. The number of amides is 1. The summed E-state index contributed by atoms with van der Waals surface area (Å²) in [5, 5.41) is 2.99. The Morgan fingerprint density at radius 3 is 2.33 bits per heavy atom. The highest BCUT2D eigenvalue weighted by Crippen LogP contribution is 2.26. The molecule has 0 radical (unpaired) electrons. The van der Waals surface area contributed by atoms with Gasteiger partial charge >= 0.3 is 0 Å². The first-order valence-electron chi connectivity index (χ1n) is 8.05. The highest BCUT2D eigenvalue weighted by atomic mass is 16.5. The van der Waals surface area contributed by atoms with Gasteiger partial charge in [-0.2, -0.15) is 0 Å². The van der Waals surface area contributed by atoms with Crippen molar-refractivity contribution in [2.45, 2.75) is 33.7 Å². The molecule has 1 amide bonds. The average Bonchev–Trinajstić information content (AvgIpc) is 2.56.